The number of carbonyl (C=O) groups is 1. The quantitative estimate of drug-likeness (QED) is 0.873. The van der Waals surface area contributed by atoms with Crippen LogP contribution < -0.4 is 5.73 Å². The van der Waals surface area contributed by atoms with Gasteiger partial charge in [0.25, 0.3) is 0 Å². The highest BCUT2D eigenvalue weighted by Gasteiger charge is 2.23. The number of nitrogens with zero attached hydrogens (tertiary/aromatic N) is 1. The van der Waals surface area contributed by atoms with E-state index in [4.69, 9.17) is 10.5 Å². The molecule has 0 aliphatic carbocycles. The van der Waals surface area contributed by atoms with Crippen LogP contribution in [0.4, 0.5) is 0 Å². The Balaban J connectivity index is 0.00000242. The molecule has 1 amide bonds. The summed E-state index contributed by atoms with van der Waals surface area (Å²) in [5.74, 6) is 0.174. The largest absolute Gasteiger partial charge is 0.378 e. The first-order valence-corrected chi connectivity index (χ1v) is 7.84. The number of benzene rings is 1. The number of likely N-dealkylation sites (tertiary alicyclic amines) is 1. The second-order valence-electron chi connectivity index (χ2n) is 5.87. The van der Waals surface area contributed by atoms with E-state index in [2.05, 4.69) is 24.3 Å². The summed E-state index contributed by atoms with van der Waals surface area (Å²) in [5, 5.41) is 0. The van der Waals surface area contributed by atoms with Gasteiger partial charge in [0.1, 0.15) is 0 Å². The van der Waals surface area contributed by atoms with E-state index in [1.165, 1.54) is 5.56 Å². The Morgan fingerprint density at radius 1 is 1.32 bits per heavy atom. The third-order valence-corrected chi connectivity index (χ3v) is 3.88. The van der Waals surface area contributed by atoms with Crippen LogP contribution in [0.2, 0.25) is 0 Å². The second-order valence-corrected chi connectivity index (χ2v) is 5.87. The molecule has 1 aromatic carbocycles. The molecule has 5 heteroatoms. The first kappa shape index (κ1) is 18.9. The topological polar surface area (TPSA) is 55.6 Å². The molecule has 0 spiro atoms. The minimum atomic E-state index is -0.0580. The Bertz CT molecular complexity index is 432. The molecule has 124 valence electrons. The fourth-order valence-electron chi connectivity index (χ4n) is 2.66. The minimum Gasteiger partial charge on any atom is -0.378 e. The third-order valence-electron chi connectivity index (χ3n) is 3.88. The molecule has 1 aromatic rings. The lowest BCUT2D eigenvalue weighted by Gasteiger charge is -2.32. The number of halogens is 1. The van der Waals surface area contributed by atoms with Crippen LogP contribution in [0.3, 0.4) is 0 Å². The average Bonchev–Trinajstić information content (AvgIpc) is 2.48. The molecule has 1 aliphatic heterocycles. The van der Waals surface area contributed by atoms with Crippen molar-refractivity contribution in [1.82, 2.24) is 4.90 Å². The van der Waals surface area contributed by atoms with Gasteiger partial charge < -0.3 is 15.4 Å². The highest BCUT2D eigenvalue weighted by atomic mass is 35.5. The Hall–Kier alpha value is -1.10. The van der Waals surface area contributed by atoms with Gasteiger partial charge in [0, 0.05) is 25.6 Å². The molecule has 1 heterocycles. The van der Waals surface area contributed by atoms with Crippen LogP contribution in [0.25, 0.3) is 0 Å². The first-order chi connectivity index (χ1) is 10.1. The van der Waals surface area contributed by atoms with Gasteiger partial charge in [-0.3, -0.25) is 4.79 Å². The summed E-state index contributed by atoms with van der Waals surface area (Å²) in [5.41, 5.74) is 6.98. The van der Waals surface area contributed by atoms with Crippen molar-refractivity contribution in [3.63, 3.8) is 0 Å². The number of nitrogens with two attached hydrogens (primary N) is 1. The maximum atomic E-state index is 11.9. The molecular formula is C17H27ClN2O2. The number of amides is 1. The van der Waals surface area contributed by atoms with Gasteiger partial charge in [0.05, 0.1) is 12.7 Å². The van der Waals surface area contributed by atoms with Crippen LogP contribution in [-0.4, -0.2) is 42.6 Å². The molecule has 2 rings (SSSR count). The standard InChI is InChI=1S/C17H26N2O2.ClH/c1-14(18)13-17(20)19-10-7-16(8-11-19)21-12-9-15-5-3-2-4-6-15;/h2-6,14,16H,7-13,18H2,1H3;1H. The van der Waals surface area contributed by atoms with E-state index >= 15 is 0 Å². The summed E-state index contributed by atoms with van der Waals surface area (Å²) in [7, 11) is 0. The predicted molar refractivity (Wildman–Crippen MR) is 91.2 cm³/mol. The van der Waals surface area contributed by atoms with Crippen LogP contribution in [0.5, 0.6) is 0 Å². The SMILES string of the molecule is CC(N)CC(=O)N1CCC(OCCc2ccccc2)CC1.Cl. The van der Waals surface area contributed by atoms with Crippen LogP contribution in [0, 0.1) is 0 Å². The van der Waals surface area contributed by atoms with Gasteiger partial charge in [-0.15, -0.1) is 12.4 Å². The van der Waals surface area contributed by atoms with E-state index in [1.807, 2.05) is 17.9 Å². The molecule has 0 radical (unpaired) electrons. The number of hydrogen-bond acceptors (Lipinski definition) is 3. The van der Waals surface area contributed by atoms with Gasteiger partial charge in [0.15, 0.2) is 0 Å². The molecule has 1 aliphatic rings. The molecule has 1 unspecified atom stereocenters. The van der Waals surface area contributed by atoms with E-state index in [0.717, 1.165) is 39.0 Å². The molecule has 0 bridgehead atoms. The van der Waals surface area contributed by atoms with Gasteiger partial charge in [-0.25, -0.2) is 0 Å². The highest BCUT2D eigenvalue weighted by Crippen LogP contribution is 2.15. The lowest BCUT2D eigenvalue weighted by Crippen LogP contribution is -2.42. The number of rotatable bonds is 6. The molecule has 4 nitrogen and oxygen atoms in total. The van der Waals surface area contributed by atoms with Crippen LogP contribution >= 0.6 is 12.4 Å². The van der Waals surface area contributed by atoms with Crippen molar-refractivity contribution in [3.05, 3.63) is 35.9 Å². The molecule has 1 atom stereocenters. The zero-order chi connectivity index (χ0) is 15.1. The summed E-state index contributed by atoms with van der Waals surface area (Å²) in [6, 6.07) is 10.3. The fraction of sp³-hybridized carbons (Fsp3) is 0.588. The maximum Gasteiger partial charge on any atom is 0.224 e. The average molecular weight is 327 g/mol. The Labute approximate surface area is 139 Å². The zero-order valence-electron chi connectivity index (χ0n) is 13.2. The summed E-state index contributed by atoms with van der Waals surface area (Å²) >= 11 is 0. The highest BCUT2D eigenvalue weighted by molar-refractivity contribution is 5.85. The first-order valence-electron chi connectivity index (χ1n) is 7.84. The fourth-order valence-corrected chi connectivity index (χ4v) is 2.66. The third kappa shape index (κ3) is 6.34. The minimum absolute atomic E-state index is 0. The van der Waals surface area contributed by atoms with E-state index in [9.17, 15) is 4.79 Å². The van der Waals surface area contributed by atoms with Crippen LogP contribution in [-0.2, 0) is 16.0 Å². The number of carbonyl (C=O) groups excluding carboxylic acids is 1. The van der Waals surface area contributed by atoms with Crippen LogP contribution in [0.1, 0.15) is 31.7 Å². The van der Waals surface area contributed by atoms with Crippen LogP contribution in [0.15, 0.2) is 30.3 Å². The van der Waals surface area contributed by atoms with E-state index in [1.54, 1.807) is 0 Å². The van der Waals surface area contributed by atoms with E-state index in [-0.39, 0.29) is 30.5 Å². The number of ether oxygens (including phenoxy) is 1. The van der Waals surface area contributed by atoms with Crippen molar-refractivity contribution in [3.8, 4) is 0 Å². The molecule has 1 fully saturated rings. The molecule has 0 aromatic heterocycles. The monoisotopic (exact) mass is 326 g/mol. The van der Waals surface area contributed by atoms with Gasteiger partial charge in [-0.05, 0) is 31.7 Å². The van der Waals surface area contributed by atoms with Crippen molar-refractivity contribution >= 4 is 18.3 Å². The Morgan fingerprint density at radius 2 is 1.95 bits per heavy atom. The van der Waals surface area contributed by atoms with Crippen molar-refractivity contribution in [2.45, 2.75) is 44.8 Å². The molecular weight excluding hydrogens is 300 g/mol. The van der Waals surface area contributed by atoms with E-state index < -0.39 is 0 Å². The maximum absolute atomic E-state index is 11.9. The lowest BCUT2D eigenvalue weighted by atomic mass is 10.1. The van der Waals surface area contributed by atoms with Crippen molar-refractivity contribution < 1.29 is 9.53 Å². The van der Waals surface area contributed by atoms with Gasteiger partial charge in [-0.1, -0.05) is 30.3 Å². The number of hydrogen-bond donors (Lipinski definition) is 1. The van der Waals surface area contributed by atoms with Crippen molar-refractivity contribution in [2.75, 3.05) is 19.7 Å². The lowest BCUT2D eigenvalue weighted by molar-refractivity contribution is -0.134. The number of piperidine rings is 1. The Kier molecular flexibility index (Phi) is 8.46. The molecule has 1 saturated heterocycles. The zero-order valence-corrected chi connectivity index (χ0v) is 14.1. The summed E-state index contributed by atoms with van der Waals surface area (Å²) in [4.78, 5) is 13.8. The van der Waals surface area contributed by atoms with Gasteiger partial charge in [-0.2, -0.15) is 0 Å². The van der Waals surface area contributed by atoms with E-state index in [0.29, 0.717) is 6.42 Å². The summed E-state index contributed by atoms with van der Waals surface area (Å²) in [6.07, 6.45) is 3.54. The van der Waals surface area contributed by atoms with Crippen molar-refractivity contribution in [1.29, 1.82) is 0 Å². The van der Waals surface area contributed by atoms with Gasteiger partial charge >= 0.3 is 0 Å². The van der Waals surface area contributed by atoms with Crippen molar-refractivity contribution in [2.24, 2.45) is 5.73 Å². The summed E-state index contributed by atoms with van der Waals surface area (Å²) in [6.45, 7) is 4.21. The second kappa shape index (κ2) is 9.82. The molecule has 22 heavy (non-hydrogen) atoms. The smallest absolute Gasteiger partial charge is 0.224 e. The normalized spacial score (nSPS) is 16.9. The summed E-state index contributed by atoms with van der Waals surface area (Å²) < 4.78 is 5.93. The molecule has 2 N–H and O–H groups in total. The Morgan fingerprint density at radius 3 is 2.55 bits per heavy atom. The predicted octanol–water partition coefficient (Wildman–Crippen LogP) is 2.40. The molecule has 0 saturated carbocycles. The van der Waals surface area contributed by atoms with Gasteiger partial charge in [0.2, 0.25) is 5.91 Å².